The van der Waals surface area contributed by atoms with Gasteiger partial charge in [-0.15, -0.1) is 0 Å². The van der Waals surface area contributed by atoms with E-state index >= 15 is 0 Å². The zero-order valence-corrected chi connectivity index (χ0v) is 17.8. The largest absolute Gasteiger partial charge is 0.462 e. The van der Waals surface area contributed by atoms with E-state index in [1.165, 1.54) is 12.0 Å². The van der Waals surface area contributed by atoms with Crippen molar-refractivity contribution in [1.29, 1.82) is 0 Å². The molecule has 0 aromatic heterocycles. The van der Waals surface area contributed by atoms with Gasteiger partial charge in [0.15, 0.2) is 12.1 Å². The van der Waals surface area contributed by atoms with E-state index in [0.29, 0.717) is 5.57 Å². The molecule has 0 N–H and O–H groups in total. The minimum atomic E-state index is -0.888. The highest BCUT2D eigenvalue weighted by Crippen LogP contribution is 2.36. The molecule has 4 rings (SSSR count). The second-order valence-corrected chi connectivity index (χ2v) is 7.54. The van der Waals surface area contributed by atoms with E-state index in [9.17, 15) is 14.4 Å². The Morgan fingerprint density at radius 1 is 1.00 bits per heavy atom. The molecular formula is C24H22N2O6. The molecule has 0 saturated carbocycles. The third-order valence-corrected chi connectivity index (χ3v) is 5.20. The van der Waals surface area contributed by atoms with Crippen molar-refractivity contribution in [1.82, 2.24) is 4.90 Å². The van der Waals surface area contributed by atoms with Crippen molar-refractivity contribution in [2.45, 2.75) is 32.2 Å². The fourth-order valence-electron chi connectivity index (χ4n) is 3.67. The highest BCUT2D eigenvalue weighted by atomic mass is 16.6. The lowest BCUT2D eigenvalue weighted by atomic mass is 10.0. The van der Waals surface area contributed by atoms with Gasteiger partial charge in [0.2, 0.25) is 6.23 Å². The summed E-state index contributed by atoms with van der Waals surface area (Å²) in [6.45, 7) is 3.41. The highest BCUT2D eigenvalue weighted by molar-refractivity contribution is 6.33. The monoisotopic (exact) mass is 434 g/mol. The van der Waals surface area contributed by atoms with Crippen LogP contribution < -0.4 is 0 Å². The van der Waals surface area contributed by atoms with E-state index < -0.39 is 36.2 Å². The van der Waals surface area contributed by atoms with Gasteiger partial charge in [-0.3, -0.25) is 9.69 Å². The van der Waals surface area contributed by atoms with E-state index in [4.69, 9.17) is 9.47 Å². The first-order chi connectivity index (χ1) is 15.4. The van der Waals surface area contributed by atoms with Gasteiger partial charge >= 0.3 is 11.9 Å². The third kappa shape index (κ3) is 3.75. The third-order valence-electron chi connectivity index (χ3n) is 5.20. The van der Waals surface area contributed by atoms with Crippen molar-refractivity contribution in [2.24, 2.45) is 4.99 Å². The second kappa shape index (κ2) is 8.66. The Kier molecular flexibility index (Phi) is 5.77. The number of carbonyl (C=O) groups excluding carboxylic acids is 3. The molecule has 1 fully saturated rings. The number of hydrogen-bond donors (Lipinski definition) is 0. The Labute approximate surface area is 185 Å². The number of β-lactam (4-membered cyclic amide) rings is 1. The summed E-state index contributed by atoms with van der Waals surface area (Å²) in [5, 5.41) is 0. The summed E-state index contributed by atoms with van der Waals surface area (Å²) in [7, 11) is 1.19. The zero-order valence-electron chi connectivity index (χ0n) is 17.8. The summed E-state index contributed by atoms with van der Waals surface area (Å²) in [4.78, 5) is 42.9. The van der Waals surface area contributed by atoms with Crippen LogP contribution in [-0.4, -0.2) is 48.0 Å². The molecule has 0 spiro atoms. The van der Waals surface area contributed by atoms with Gasteiger partial charge < -0.3 is 14.2 Å². The molecule has 2 aliphatic heterocycles. The second-order valence-electron chi connectivity index (χ2n) is 7.54. The Morgan fingerprint density at radius 2 is 1.56 bits per heavy atom. The molecular weight excluding hydrogens is 412 g/mol. The van der Waals surface area contributed by atoms with E-state index in [1.807, 2.05) is 60.7 Å². The van der Waals surface area contributed by atoms with Crippen molar-refractivity contribution in [3.05, 3.63) is 83.1 Å². The van der Waals surface area contributed by atoms with Crippen LogP contribution in [0.15, 0.2) is 76.9 Å². The predicted octanol–water partition coefficient (Wildman–Crippen LogP) is 2.75. The number of rotatable bonds is 6. The van der Waals surface area contributed by atoms with Gasteiger partial charge in [0.1, 0.15) is 5.70 Å². The molecule has 0 radical (unpaired) electrons. The quantitative estimate of drug-likeness (QED) is 0.394. The molecule has 0 bridgehead atoms. The number of esters is 2. The molecule has 2 aromatic carbocycles. The first kappa shape index (κ1) is 21.3. The van der Waals surface area contributed by atoms with Crippen molar-refractivity contribution >= 4 is 23.7 Å². The predicted molar refractivity (Wildman–Crippen MR) is 114 cm³/mol. The maximum absolute atomic E-state index is 13.3. The lowest BCUT2D eigenvalue weighted by molar-refractivity contribution is -0.165. The number of ether oxygens (including phenoxy) is 3. The summed E-state index contributed by atoms with van der Waals surface area (Å²) in [5.41, 5.74) is 2.22. The van der Waals surface area contributed by atoms with Crippen LogP contribution in [0.4, 0.5) is 0 Å². The molecule has 2 unspecified atom stereocenters. The van der Waals surface area contributed by atoms with Gasteiger partial charge in [-0.1, -0.05) is 60.7 Å². The van der Waals surface area contributed by atoms with Crippen LogP contribution in [0.1, 0.15) is 31.1 Å². The SMILES string of the molecule is COC(=O)C1=NC2C(=O)N(C(C(=O)OC(c3ccccc3)c3ccccc3)=C(C)C)C2O1. The van der Waals surface area contributed by atoms with E-state index in [1.54, 1.807) is 13.8 Å². The number of benzene rings is 2. The standard InChI is InChI=1S/C24H22N2O6/c1-14(2)18(26-21(27)17-22(26)32-20(25-17)24(29)30-3)23(28)31-19(15-10-6-4-7-11-15)16-12-8-5-9-13-16/h4-13,17,19,22H,1-3H3. The van der Waals surface area contributed by atoms with Crippen LogP contribution in [0, 0.1) is 0 Å². The number of nitrogens with zero attached hydrogens (tertiary/aromatic N) is 2. The molecule has 1 amide bonds. The molecule has 8 heteroatoms. The molecule has 32 heavy (non-hydrogen) atoms. The average molecular weight is 434 g/mol. The van der Waals surface area contributed by atoms with Crippen molar-refractivity contribution in [3.8, 4) is 0 Å². The Morgan fingerprint density at radius 3 is 2.06 bits per heavy atom. The molecule has 8 nitrogen and oxygen atoms in total. The summed E-state index contributed by atoms with van der Waals surface area (Å²) in [5.74, 6) is -2.18. The first-order valence-corrected chi connectivity index (χ1v) is 10.1. The molecule has 2 aliphatic rings. The molecule has 0 aliphatic carbocycles. The lowest BCUT2D eigenvalue weighted by Crippen LogP contribution is -2.63. The molecule has 2 aromatic rings. The van der Waals surface area contributed by atoms with Crippen molar-refractivity contribution < 1.29 is 28.6 Å². The maximum Gasteiger partial charge on any atom is 0.393 e. The van der Waals surface area contributed by atoms with E-state index in [-0.39, 0.29) is 11.6 Å². The number of amides is 1. The summed E-state index contributed by atoms with van der Waals surface area (Å²) >= 11 is 0. The molecule has 1 saturated heterocycles. The fraction of sp³-hybridized carbons (Fsp3) is 0.250. The zero-order chi connectivity index (χ0) is 22.8. The number of methoxy groups -OCH3 is 1. The minimum Gasteiger partial charge on any atom is -0.462 e. The van der Waals surface area contributed by atoms with Crippen molar-refractivity contribution in [2.75, 3.05) is 7.11 Å². The number of likely N-dealkylation sites (tertiary alicyclic amines) is 1. The van der Waals surface area contributed by atoms with Gasteiger partial charge in [0.05, 0.1) is 7.11 Å². The Bertz CT molecular complexity index is 1070. The van der Waals surface area contributed by atoms with E-state index in [2.05, 4.69) is 9.73 Å². The van der Waals surface area contributed by atoms with Gasteiger partial charge in [-0.05, 0) is 30.5 Å². The normalized spacial score (nSPS) is 18.8. The van der Waals surface area contributed by atoms with Crippen molar-refractivity contribution in [3.63, 3.8) is 0 Å². The smallest absolute Gasteiger partial charge is 0.393 e. The summed E-state index contributed by atoms with van der Waals surface area (Å²) in [6.07, 6.45) is -1.56. The fourth-order valence-corrected chi connectivity index (χ4v) is 3.67. The van der Waals surface area contributed by atoms with Gasteiger partial charge in [-0.2, -0.15) is 0 Å². The van der Waals surface area contributed by atoms with Crippen LogP contribution in [0.3, 0.4) is 0 Å². The van der Waals surface area contributed by atoms with Gasteiger partial charge in [0, 0.05) is 0 Å². The van der Waals surface area contributed by atoms with Gasteiger partial charge in [0.25, 0.3) is 11.8 Å². The van der Waals surface area contributed by atoms with Crippen LogP contribution in [0.5, 0.6) is 0 Å². The number of allylic oxidation sites excluding steroid dienone is 1. The van der Waals surface area contributed by atoms with Crippen LogP contribution in [0.25, 0.3) is 0 Å². The Balaban J connectivity index is 1.60. The first-order valence-electron chi connectivity index (χ1n) is 10.1. The molecule has 2 heterocycles. The van der Waals surface area contributed by atoms with E-state index in [0.717, 1.165) is 11.1 Å². The maximum atomic E-state index is 13.3. The van der Waals surface area contributed by atoms with Gasteiger partial charge in [-0.25, -0.2) is 14.6 Å². The number of carbonyl (C=O) groups is 3. The summed E-state index contributed by atoms with van der Waals surface area (Å²) in [6, 6.07) is 17.8. The van der Waals surface area contributed by atoms with Crippen LogP contribution in [0.2, 0.25) is 0 Å². The molecule has 2 atom stereocenters. The lowest BCUT2D eigenvalue weighted by Gasteiger charge is -2.41. The topological polar surface area (TPSA) is 94.5 Å². The average Bonchev–Trinajstić information content (AvgIpc) is 3.21. The number of aliphatic imine (C=N–C) groups is 1. The number of hydrogen-bond acceptors (Lipinski definition) is 7. The highest BCUT2D eigenvalue weighted by Gasteiger charge is 2.57. The Hall–Kier alpha value is -3.94. The molecule has 164 valence electrons. The van der Waals surface area contributed by atoms with Crippen LogP contribution >= 0.6 is 0 Å². The number of fused-ring (bicyclic) bond motifs is 1. The van der Waals surface area contributed by atoms with Crippen LogP contribution in [-0.2, 0) is 28.6 Å². The minimum absolute atomic E-state index is 0.0643. The summed E-state index contributed by atoms with van der Waals surface area (Å²) < 4.78 is 16.0.